The van der Waals surface area contributed by atoms with Crippen molar-refractivity contribution in [2.45, 2.75) is 33.7 Å². The number of hydrogen-bond donors (Lipinski definition) is 1. The highest BCUT2D eigenvalue weighted by atomic mass is 16.5. The van der Waals surface area contributed by atoms with Crippen LogP contribution >= 0.6 is 0 Å². The Morgan fingerprint density at radius 2 is 1.75 bits per heavy atom. The standard InChI is InChI=1S/C20H26N2O2/c1-5-22(15(3)4)17-13-11-16(12-14-17)21-20(23)18-9-7-8-10-19(18)24-6-2/h7-15H,5-6H2,1-4H3,(H,21,23). The molecule has 0 saturated heterocycles. The van der Waals surface area contributed by atoms with Gasteiger partial charge in [0.1, 0.15) is 5.75 Å². The van der Waals surface area contributed by atoms with Crippen LogP contribution in [0.4, 0.5) is 11.4 Å². The lowest BCUT2D eigenvalue weighted by molar-refractivity contribution is 0.102. The highest BCUT2D eigenvalue weighted by Crippen LogP contribution is 2.22. The van der Waals surface area contributed by atoms with Crippen LogP contribution in [-0.4, -0.2) is 25.1 Å². The molecule has 2 rings (SSSR count). The van der Waals surface area contributed by atoms with Crippen LogP contribution in [0.3, 0.4) is 0 Å². The van der Waals surface area contributed by atoms with E-state index in [9.17, 15) is 4.79 Å². The van der Waals surface area contributed by atoms with Gasteiger partial charge in [-0.3, -0.25) is 4.79 Å². The number of amides is 1. The summed E-state index contributed by atoms with van der Waals surface area (Å²) in [7, 11) is 0. The van der Waals surface area contributed by atoms with Crippen molar-refractivity contribution in [1.29, 1.82) is 0 Å². The topological polar surface area (TPSA) is 41.6 Å². The van der Waals surface area contributed by atoms with E-state index in [2.05, 4.69) is 31.0 Å². The smallest absolute Gasteiger partial charge is 0.259 e. The van der Waals surface area contributed by atoms with Crippen molar-refractivity contribution in [3.8, 4) is 5.75 Å². The van der Waals surface area contributed by atoms with Gasteiger partial charge < -0.3 is 15.0 Å². The first-order chi connectivity index (χ1) is 11.6. The minimum Gasteiger partial charge on any atom is -0.493 e. The predicted octanol–water partition coefficient (Wildman–Crippen LogP) is 4.57. The molecule has 0 fully saturated rings. The summed E-state index contributed by atoms with van der Waals surface area (Å²) in [5, 5.41) is 2.93. The van der Waals surface area contributed by atoms with Gasteiger partial charge in [0.05, 0.1) is 12.2 Å². The number of nitrogens with zero attached hydrogens (tertiary/aromatic N) is 1. The van der Waals surface area contributed by atoms with E-state index in [4.69, 9.17) is 4.74 Å². The van der Waals surface area contributed by atoms with Crippen molar-refractivity contribution < 1.29 is 9.53 Å². The maximum absolute atomic E-state index is 12.5. The Hall–Kier alpha value is -2.49. The summed E-state index contributed by atoms with van der Waals surface area (Å²) in [6.45, 7) is 9.86. The number of para-hydroxylation sites is 1. The van der Waals surface area contributed by atoms with Crippen LogP contribution in [0.15, 0.2) is 48.5 Å². The molecule has 4 nitrogen and oxygen atoms in total. The van der Waals surface area contributed by atoms with E-state index >= 15 is 0 Å². The molecule has 0 aliphatic carbocycles. The lowest BCUT2D eigenvalue weighted by atomic mass is 10.1. The summed E-state index contributed by atoms with van der Waals surface area (Å²) in [5.74, 6) is 0.439. The molecule has 0 saturated carbocycles. The fourth-order valence-corrected chi connectivity index (χ4v) is 2.72. The molecule has 2 aromatic rings. The molecule has 128 valence electrons. The molecule has 0 unspecified atom stereocenters. The second kappa shape index (κ2) is 8.39. The predicted molar refractivity (Wildman–Crippen MR) is 100 cm³/mol. The number of benzene rings is 2. The monoisotopic (exact) mass is 326 g/mol. The van der Waals surface area contributed by atoms with Crippen LogP contribution in [0.2, 0.25) is 0 Å². The zero-order valence-corrected chi connectivity index (χ0v) is 14.9. The molecule has 0 spiro atoms. The molecule has 4 heteroatoms. The second-order valence-electron chi connectivity index (χ2n) is 5.81. The van der Waals surface area contributed by atoms with Crippen LogP contribution in [0.1, 0.15) is 38.1 Å². The summed E-state index contributed by atoms with van der Waals surface area (Å²) in [4.78, 5) is 14.8. The van der Waals surface area contributed by atoms with Crippen LogP contribution < -0.4 is 15.0 Å². The minimum atomic E-state index is -0.164. The number of ether oxygens (including phenoxy) is 1. The Labute approximate surface area is 144 Å². The number of carbonyl (C=O) groups excluding carboxylic acids is 1. The lowest BCUT2D eigenvalue weighted by Crippen LogP contribution is -2.30. The highest BCUT2D eigenvalue weighted by Gasteiger charge is 2.13. The molecule has 2 aromatic carbocycles. The molecule has 0 aromatic heterocycles. The SMILES string of the molecule is CCOc1ccccc1C(=O)Nc1ccc(N(CC)C(C)C)cc1. The van der Waals surface area contributed by atoms with Gasteiger partial charge in [0.2, 0.25) is 0 Å². The number of carbonyl (C=O) groups is 1. The summed E-state index contributed by atoms with van der Waals surface area (Å²) >= 11 is 0. The fraction of sp³-hybridized carbons (Fsp3) is 0.350. The molecular weight excluding hydrogens is 300 g/mol. The molecule has 0 bridgehead atoms. The first kappa shape index (κ1) is 17.9. The van der Waals surface area contributed by atoms with Gasteiger partial charge in [-0.15, -0.1) is 0 Å². The van der Waals surface area contributed by atoms with E-state index in [1.54, 1.807) is 6.07 Å². The molecule has 24 heavy (non-hydrogen) atoms. The number of rotatable bonds is 7. The van der Waals surface area contributed by atoms with Crippen LogP contribution in [0.25, 0.3) is 0 Å². The van der Waals surface area contributed by atoms with Gasteiger partial charge >= 0.3 is 0 Å². The highest BCUT2D eigenvalue weighted by molar-refractivity contribution is 6.06. The molecule has 0 aliphatic rings. The third-order valence-electron chi connectivity index (χ3n) is 3.85. The quantitative estimate of drug-likeness (QED) is 0.810. The van der Waals surface area contributed by atoms with E-state index in [-0.39, 0.29) is 5.91 Å². The fourth-order valence-electron chi connectivity index (χ4n) is 2.72. The summed E-state index contributed by atoms with van der Waals surface area (Å²) in [6.07, 6.45) is 0. The average Bonchev–Trinajstić information content (AvgIpc) is 2.57. The maximum atomic E-state index is 12.5. The average molecular weight is 326 g/mol. The van der Waals surface area contributed by atoms with Crippen molar-refractivity contribution in [1.82, 2.24) is 0 Å². The summed E-state index contributed by atoms with van der Waals surface area (Å²) in [5.41, 5.74) is 2.47. The zero-order valence-electron chi connectivity index (χ0n) is 14.9. The third-order valence-corrected chi connectivity index (χ3v) is 3.85. The lowest BCUT2D eigenvalue weighted by Gasteiger charge is -2.27. The molecule has 0 atom stereocenters. The molecule has 0 radical (unpaired) electrons. The van der Waals surface area contributed by atoms with Gasteiger partial charge in [0, 0.05) is 24.0 Å². The Balaban J connectivity index is 2.13. The zero-order chi connectivity index (χ0) is 17.5. The Bertz CT molecular complexity index is 666. The van der Waals surface area contributed by atoms with Crippen molar-refractivity contribution in [3.63, 3.8) is 0 Å². The van der Waals surface area contributed by atoms with E-state index < -0.39 is 0 Å². The number of nitrogens with one attached hydrogen (secondary N) is 1. The molecule has 1 amide bonds. The van der Waals surface area contributed by atoms with Gasteiger partial charge in [-0.25, -0.2) is 0 Å². The van der Waals surface area contributed by atoms with Crippen molar-refractivity contribution in [2.75, 3.05) is 23.4 Å². The maximum Gasteiger partial charge on any atom is 0.259 e. The molecular formula is C20H26N2O2. The van der Waals surface area contributed by atoms with Gasteiger partial charge in [-0.05, 0) is 64.1 Å². The first-order valence-electron chi connectivity index (χ1n) is 8.46. The minimum absolute atomic E-state index is 0.164. The van der Waals surface area contributed by atoms with Crippen LogP contribution in [-0.2, 0) is 0 Å². The van der Waals surface area contributed by atoms with E-state index in [1.807, 2.05) is 49.4 Å². The van der Waals surface area contributed by atoms with Crippen molar-refractivity contribution >= 4 is 17.3 Å². The van der Waals surface area contributed by atoms with Crippen molar-refractivity contribution in [2.24, 2.45) is 0 Å². The Kier molecular flexibility index (Phi) is 6.24. The molecule has 0 heterocycles. The Morgan fingerprint density at radius 3 is 2.33 bits per heavy atom. The van der Waals surface area contributed by atoms with Gasteiger partial charge in [-0.2, -0.15) is 0 Å². The van der Waals surface area contributed by atoms with Crippen molar-refractivity contribution in [3.05, 3.63) is 54.1 Å². The Morgan fingerprint density at radius 1 is 1.08 bits per heavy atom. The summed E-state index contributed by atoms with van der Waals surface area (Å²) in [6, 6.07) is 15.7. The van der Waals surface area contributed by atoms with E-state index in [0.29, 0.717) is 24.0 Å². The molecule has 1 N–H and O–H groups in total. The normalized spacial score (nSPS) is 10.5. The van der Waals surface area contributed by atoms with Gasteiger partial charge in [0.15, 0.2) is 0 Å². The van der Waals surface area contributed by atoms with E-state index in [1.165, 1.54) is 0 Å². The summed E-state index contributed by atoms with van der Waals surface area (Å²) < 4.78 is 5.52. The van der Waals surface area contributed by atoms with E-state index in [0.717, 1.165) is 17.9 Å². The number of anilines is 2. The third kappa shape index (κ3) is 4.28. The molecule has 0 aliphatic heterocycles. The second-order valence-corrected chi connectivity index (χ2v) is 5.81. The van der Waals surface area contributed by atoms with Gasteiger partial charge in [-0.1, -0.05) is 12.1 Å². The van der Waals surface area contributed by atoms with Crippen LogP contribution in [0, 0.1) is 0 Å². The van der Waals surface area contributed by atoms with Crippen LogP contribution in [0.5, 0.6) is 5.75 Å². The number of hydrogen-bond acceptors (Lipinski definition) is 3. The first-order valence-corrected chi connectivity index (χ1v) is 8.46. The van der Waals surface area contributed by atoms with Gasteiger partial charge in [0.25, 0.3) is 5.91 Å². The largest absolute Gasteiger partial charge is 0.493 e.